The van der Waals surface area contributed by atoms with Gasteiger partial charge in [0.2, 0.25) is 0 Å². The first-order chi connectivity index (χ1) is 14.3. The molecule has 2 heterocycles. The topological polar surface area (TPSA) is 102 Å². The van der Waals surface area contributed by atoms with Crippen molar-refractivity contribution in [1.29, 1.82) is 0 Å². The molecule has 1 atom stereocenters. The molecule has 154 valence electrons. The van der Waals surface area contributed by atoms with E-state index in [9.17, 15) is 9.90 Å². The second kappa shape index (κ2) is 7.79. The summed E-state index contributed by atoms with van der Waals surface area (Å²) in [6.07, 6.45) is -1.75. The Morgan fingerprint density at radius 1 is 1.20 bits per heavy atom. The zero-order valence-electron chi connectivity index (χ0n) is 16.6. The fourth-order valence-electron chi connectivity index (χ4n) is 3.31. The summed E-state index contributed by atoms with van der Waals surface area (Å²) in [7, 11) is 0. The van der Waals surface area contributed by atoms with E-state index in [1.165, 1.54) is 0 Å². The van der Waals surface area contributed by atoms with Crippen LogP contribution in [0.3, 0.4) is 0 Å². The van der Waals surface area contributed by atoms with Gasteiger partial charge in [0.25, 0.3) is 0 Å². The summed E-state index contributed by atoms with van der Waals surface area (Å²) in [5.74, 6) is 1.14. The maximum atomic E-state index is 12.3. The smallest absolute Gasteiger partial charge is 0.409 e. The lowest BCUT2D eigenvalue weighted by Crippen LogP contribution is -2.31. The molecule has 8 nitrogen and oxygen atoms in total. The summed E-state index contributed by atoms with van der Waals surface area (Å²) >= 11 is 6.05. The summed E-state index contributed by atoms with van der Waals surface area (Å²) in [6.45, 7) is 5.34. The van der Waals surface area contributed by atoms with E-state index < -0.39 is 12.3 Å². The van der Waals surface area contributed by atoms with Crippen molar-refractivity contribution in [3.63, 3.8) is 0 Å². The number of aromatic nitrogens is 3. The summed E-state index contributed by atoms with van der Waals surface area (Å²) in [5, 5.41) is 21.9. The molecule has 1 aliphatic rings. The minimum Gasteiger partial charge on any atom is -0.508 e. The minimum absolute atomic E-state index is 0.0910. The van der Waals surface area contributed by atoms with E-state index in [2.05, 4.69) is 15.5 Å². The summed E-state index contributed by atoms with van der Waals surface area (Å²) in [6, 6.07) is 12.2. The van der Waals surface area contributed by atoms with Crippen LogP contribution in [-0.4, -0.2) is 37.8 Å². The average Bonchev–Trinajstić information content (AvgIpc) is 3.00. The van der Waals surface area contributed by atoms with Gasteiger partial charge >= 0.3 is 6.09 Å². The number of phenols is 1. The maximum absolute atomic E-state index is 12.3. The number of carbonyl (C=O) groups excluding carboxylic acids is 1. The molecule has 9 heteroatoms. The van der Waals surface area contributed by atoms with Crippen LogP contribution in [0.1, 0.15) is 42.8 Å². The molecule has 1 amide bonds. The van der Waals surface area contributed by atoms with Crippen molar-refractivity contribution in [2.75, 3.05) is 0 Å². The number of amides is 1. The Hall–Kier alpha value is -3.39. The highest BCUT2D eigenvalue weighted by Gasteiger charge is 2.30. The molecule has 1 aromatic heterocycles. The number of hydrogen-bond acceptors (Lipinski definition) is 6. The molecular weight excluding hydrogens is 406 g/mol. The molecule has 4 rings (SSSR count). The number of phenolic OH excluding ortho intramolecular Hbond substituents is 1. The highest BCUT2D eigenvalue weighted by Crippen LogP contribution is 2.32. The Bertz CT molecular complexity index is 1140. The molecule has 2 aromatic carbocycles. The van der Waals surface area contributed by atoms with Crippen molar-refractivity contribution in [1.82, 2.24) is 20.1 Å². The molecule has 0 radical (unpaired) electrons. The second-order valence-corrected chi connectivity index (χ2v) is 7.56. The molecular formula is C21H20ClN5O3. The predicted molar refractivity (Wildman–Crippen MR) is 112 cm³/mol. The van der Waals surface area contributed by atoms with Crippen LogP contribution in [0, 0.1) is 6.92 Å². The van der Waals surface area contributed by atoms with Gasteiger partial charge in [-0.2, -0.15) is 0 Å². The van der Waals surface area contributed by atoms with Gasteiger partial charge in [0, 0.05) is 16.1 Å². The SMILES string of the molecule is Cc1nnc2n1-c1ccc(O)cc1C(c1ccc(Cl)cc1)=N[C@@H]2NC(=O)OC(C)C. The second-order valence-electron chi connectivity index (χ2n) is 7.13. The van der Waals surface area contributed by atoms with Crippen LogP contribution >= 0.6 is 11.6 Å². The molecule has 2 N–H and O–H groups in total. The van der Waals surface area contributed by atoms with Gasteiger partial charge < -0.3 is 9.84 Å². The van der Waals surface area contributed by atoms with E-state index in [1.54, 1.807) is 44.2 Å². The van der Waals surface area contributed by atoms with E-state index in [1.807, 2.05) is 23.6 Å². The molecule has 0 bridgehead atoms. The lowest BCUT2D eigenvalue weighted by molar-refractivity contribution is 0.112. The standard InChI is InChI=1S/C21H20ClN5O3/c1-11(2)30-21(29)24-19-20-26-25-12(3)27(20)17-9-8-15(28)10-16(17)18(23-19)13-4-6-14(22)7-5-13/h4-11,19,28H,1-3H3,(H,24,29)/t19-/m1/s1. The number of rotatable bonds is 3. The molecule has 0 fully saturated rings. The van der Waals surface area contributed by atoms with Crippen LogP contribution < -0.4 is 5.32 Å². The highest BCUT2D eigenvalue weighted by atomic mass is 35.5. The number of aliphatic imine (C=N–C) groups is 1. The Labute approximate surface area is 178 Å². The molecule has 30 heavy (non-hydrogen) atoms. The number of ether oxygens (including phenoxy) is 1. The van der Waals surface area contributed by atoms with Crippen LogP contribution in [0.15, 0.2) is 47.5 Å². The number of alkyl carbamates (subject to hydrolysis) is 1. The number of carbonyl (C=O) groups is 1. The monoisotopic (exact) mass is 425 g/mol. The number of fused-ring (bicyclic) bond motifs is 3. The highest BCUT2D eigenvalue weighted by molar-refractivity contribution is 6.30. The molecule has 0 spiro atoms. The van der Waals surface area contributed by atoms with Gasteiger partial charge in [-0.3, -0.25) is 14.9 Å². The van der Waals surface area contributed by atoms with E-state index in [4.69, 9.17) is 21.3 Å². The Morgan fingerprint density at radius 2 is 1.93 bits per heavy atom. The molecule has 0 aliphatic carbocycles. The molecule has 0 saturated carbocycles. The Morgan fingerprint density at radius 3 is 2.63 bits per heavy atom. The fourth-order valence-corrected chi connectivity index (χ4v) is 3.44. The predicted octanol–water partition coefficient (Wildman–Crippen LogP) is 3.92. The number of halogens is 1. The maximum Gasteiger partial charge on any atom is 0.409 e. The van der Waals surface area contributed by atoms with Crippen LogP contribution in [0.4, 0.5) is 4.79 Å². The minimum atomic E-state index is -0.849. The van der Waals surface area contributed by atoms with Crippen molar-refractivity contribution in [3.8, 4) is 11.4 Å². The van der Waals surface area contributed by atoms with Gasteiger partial charge in [-0.15, -0.1) is 10.2 Å². The third-order valence-corrected chi connectivity index (χ3v) is 4.80. The van der Waals surface area contributed by atoms with Gasteiger partial charge in [-0.05, 0) is 51.1 Å². The third-order valence-electron chi connectivity index (χ3n) is 4.54. The summed E-state index contributed by atoms with van der Waals surface area (Å²) in [5.41, 5.74) is 2.74. The summed E-state index contributed by atoms with van der Waals surface area (Å²) in [4.78, 5) is 17.1. The van der Waals surface area contributed by atoms with Crippen molar-refractivity contribution < 1.29 is 14.6 Å². The summed E-state index contributed by atoms with van der Waals surface area (Å²) < 4.78 is 7.04. The lowest BCUT2D eigenvalue weighted by Gasteiger charge is -2.15. The van der Waals surface area contributed by atoms with E-state index in [0.29, 0.717) is 27.9 Å². The first kappa shape index (κ1) is 19.9. The van der Waals surface area contributed by atoms with Crippen molar-refractivity contribution in [2.24, 2.45) is 4.99 Å². The van der Waals surface area contributed by atoms with Crippen LogP contribution in [0.5, 0.6) is 5.75 Å². The van der Waals surface area contributed by atoms with Gasteiger partial charge in [-0.25, -0.2) is 4.79 Å². The van der Waals surface area contributed by atoms with Gasteiger partial charge in [0.15, 0.2) is 12.0 Å². The fraction of sp³-hybridized carbons (Fsp3) is 0.238. The Balaban J connectivity index is 1.92. The average molecular weight is 426 g/mol. The van der Waals surface area contributed by atoms with Gasteiger partial charge in [0.05, 0.1) is 17.5 Å². The van der Waals surface area contributed by atoms with Crippen molar-refractivity contribution in [2.45, 2.75) is 33.0 Å². The van der Waals surface area contributed by atoms with Gasteiger partial charge in [-0.1, -0.05) is 23.7 Å². The molecule has 3 aromatic rings. The number of aromatic hydroxyl groups is 1. The number of benzene rings is 2. The van der Waals surface area contributed by atoms with E-state index in [0.717, 1.165) is 11.3 Å². The van der Waals surface area contributed by atoms with E-state index >= 15 is 0 Å². The molecule has 0 saturated heterocycles. The zero-order chi connectivity index (χ0) is 21.4. The zero-order valence-corrected chi connectivity index (χ0v) is 17.4. The van der Waals surface area contributed by atoms with Gasteiger partial charge in [0.1, 0.15) is 11.6 Å². The largest absolute Gasteiger partial charge is 0.508 e. The van der Waals surface area contributed by atoms with Crippen LogP contribution in [-0.2, 0) is 4.74 Å². The normalized spacial score (nSPS) is 15.1. The third kappa shape index (κ3) is 3.73. The molecule has 0 unspecified atom stereocenters. The number of nitrogens with one attached hydrogen (secondary N) is 1. The van der Waals surface area contributed by atoms with E-state index in [-0.39, 0.29) is 11.9 Å². The first-order valence-corrected chi connectivity index (χ1v) is 9.78. The number of aryl methyl sites for hydroxylation is 1. The number of hydrogen-bond donors (Lipinski definition) is 2. The van der Waals surface area contributed by atoms with Crippen molar-refractivity contribution in [3.05, 3.63) is 70.3 Å². The van der Waals surface area contributed by atoms with Crippen molar-refractivity contribution >= 4 is 23.4 Å². The quantitative estimate of drug-likeness (QED) is 0.662. The Kier molecular flexibility index (Phi) is 5.17. The first-order valence-electron chi connectivity index (χ1n) is 9.40. The van der Waals surface area contributed by atoms with Crippen LogP contribution in [0.2, 0.25) is 5.02 Å². The van der Waals surface area contributed by atoms with Crippen LogP contribution in [0.25, 0.3) is 5.69 Å². The molecule has 1 aliphatic heterocycles. The lowest BCUT2D eigenvalue weighted by atomic mass is 10.00. The number of nitrogens with zero attached hydrogens (tertiary/aromatic N) is 4.